The molecular formula is C10H11BrO3. The Morgan fingerprint density at radius 1 is 1.36 bits per heavy atom. The molecule has 0 amide bonds. The molecule has 0 bridgehead atoms. The van der Waals surface area contributed by atoms with E-state index in [9.17, 15) is 4.79 Å². The minimum Gasteiger partial charge on any atom is -0.493 e. The monoisotopic (exact) mass is 258 g/mol. The summed E-state index contributed by atoms with van der Waals surface area (Å²) in [4.78, 5) is 10.4. The Hall–Kier alpha value is -1.03. The summed E-state index contributed by atoms with van der Waals surface area (Å²) in [6.45, 7) is 0.609. The van der Waals surface area contributed by atoms with Crippen LogP contribution < -0.4 is 4.74 Å². The SMILES string of the molecule is O=C(O)Cc1ccc(OCCBr)cc1. The van der Waals surface area contributed by atoms with Gasteiger partial charge in [-0.3, -0.25) is 4.79 Å². The predicted molar refractivity (Wildman–Crippen MR) is 57.1 cm³/mol. The van der Waals surface area contributed by atoms with Crippen LogP contribution in [0, 0.1) is 0 Å². The van der Waals surface area contributed by atoms with Gasteiger partial charge >= 0.3 is 5.97 Å². The molecule has 0 aliphatic heterocycles. The first-order valence-corrected chi connectivity index (χ1v) is 5.34. The first-order chi connectivity index (χ1) is 6.72. The molecule has 0 aliphatic carbocycles. The number of hydrogen-bond donors (Lipinski definition) is 1. The maximum atomic E-state index is 10.4. The van der Waals surface area contributed by atoms with Crippen molar-refractivity contribution in [2.24, 2.45) is 0 Å². The molecule has 76 valence electrons. The summed E-state index contributed by atoms with van der Waals surface area (Å²) >= 11 is 3.25. The molecule has 0 saturated carbocycles. The van der Waals surface area contributed by atoms with Crippen LogP contribution >= 0.6 is 15.9 Å². The quantitative estimate of drug-likeness (QED) is 0.823. The molecule has 1 rings (SSSR count). The van der Waals surface area contributed by atoms with Crippen molar-refractivity contribution in [3.8, 4) is 5.75 Å². The predicted octanol–water partition coefficient (Wildman–Crippen LogP) is 2.09. The molecule has 0 aliphatic rings. The Morgan fingerprint density at radius 2 is 2.00 bits per heavy atom. The molecule has 1 N–H and O–H groups in total. The Labute approximate surface area is 90.8 Å². The second kappa shape index (κ2) is 5.65. The molecule has 0 atom stereocenters. The van der Waals surface area contributed by atoms with Crippen LogP contribution in [-0.2, 0) is 11.2 Å². The first kappa shape index (κ1) is 11.0. The Balaban J connectivity index is 2.54. The maximum Gasteiger partial charge on any atom is 0.307 e. The highest BCUT2D eigenvalue weighted by atomic mass is 79.9. The van der Waals surface area contributed by atoms with Gasteiger partial charge in [-0.05, 0) is 17.7 Å². The smallest absolute Gasteiger partial charge is 0.307 e. The van der Waals surface area contributed by atoms with E-state index in [4.69, 9.17) is 9.84 Å². The van der Waals surface area contributed by atoms with Crippen LogP contribution in [0.25, 0.3) is 0 Å². The molecule has 0 spiro atoms. The van der Waals surface area contributed by atoms with Gasteiger partial charge < -0.3 is 9.84 Å². The second-order valence-electron chi connectivity index (χ2n) is 2.75. The molecule has 0 fully saturated rings. The van der Waals surface area contributed by atoms with E-state index in [0.29, 0.717) is 6.61 Å². The average molecular weight is 259 g/mol. The van der Waals surface area contributed by atoms with Crippen LogP contribution in [-0.4, -0.2) is 23.0 Å². The van der Waals surface area contributed by atoms with E-state index in [0.717, 1.165) is 16.6 Å². The van der Waals surface area contributed by atoms with Crippen molar-refractivity contribution in [3.05, 3.63) is 29.8 Å². The fourth-order valence-corrected chi connectivity index (χ4v) is 1.20. The maximum absolute atomic E-state index is 10.4. The van der Waals surface area contributed by atoms with Crippen LogP contribution in [0.15, 0.2) is 24.3 Å². The Morgan fingerprint density at radius 3 is 2.50 bits per heavy atom. The van der Waals surface area contributed by atoms with E-state index in [1.54, 1.807) is 24.3 Å². The average Bonchev–Trinajstić information content (AvgIpc) is 2.16. The summed E-state index contributed by atoms with van der Waals surface area (Å²) in [6.07, 6.45) is 0.0543. The second-order valence-corrected chi connectivity index (χ2v) is 3.54. The van der Waals surface area contributed by atoms with Gasteiger partial charge in [0.05, 0.1) is 13.0 Å². The van der Waals surface area contributed by atoms with Gasteiger partial charge in [0.25, 0.3) is 0 Å². The number of aliphatic carboxylic acids is 1. The van der Waals surface area contributed by atoms with E-state index in [2.05, 4.69) is 15.9 Å². The molecule has 1 aromatic carbocycles. The molecule has 0 unspecified atom stereocenters. The lowest BCUT2D eigenvalue weighted by Gasteiger charge is -2.04. The van der Waals surface area contributed by atoms with E-state index < -0.39 is 5.97 Å². The van der Waals surface area contributed by atoms with E-state index in [-0.39, 0.29) is 6.42 Å². The van der Waals surface area contributed by atoms with Crippen LogP contribution in [0.5, 0.6) is 5.75 Å². The standard InChI is InChI=1S/C10H11BrO3/c11-5-6-14-9-3-1-8(2-4-9)7-10(12)13/h1-4H,5-7H2,(H,12,13). The zero-order valence-electron chi connectivity index (χ0n) is 7.57. The molecule has 0 radical (unpaired) electrons. The Bertz CT molecular complexity index is 295. The third-order valence-electron chi connectivity index (χ3n) is 1.62. The highest BCUT2D eigenvalue weighted by Crippen LogP contribution is 2.12. The van der Waals surface area contributed by atoms with Gasteiger partial charge in [0.1, 0.15) is 5.75 Å². The number of benzene rings is 1. The van der Waals surface area contributed by atoms with E-state index >= 15 is 0 Å². The third kappa shape index (κ3) is 3.79. The number of hydrogen-bond acceptors (Lipinski definition) is 2. The highest BCUT2D eigenvalue weighted by molar-refractivity contribution is 9.09. The third-order valence-corrected chi connectivity index (χ3v) is 1.95. The van der Waals surface area contributed by atoms with Crippen molar-refractivity contribution >= 4 is 21.9 Å². The fourth-order valence-electron chi connectivity index (χ4n) is 1.03. The van der Waals surface area contributed by atoms with Crippen LogP contribution in [0.3, 0.4) is 0 Å². The molecule has 0 aromatic heterocycles. The highest BCUT2D eigenvalue weighted by Gasteiger charge is 2.00. The molecule has 0 saturated heterocycles. The normalized spacial score (nSPS) is 9.79. The number of ether oxygens (including phenoxy) is 1. The van der Waals surface area contributed by atoms with E-state index in [1.165, 1.54) is 0 Å². The van der Waals surface area contributed by atoms with Crippen LogP contribution in [0.2, 0.25) is 0 Å². The van der Waals surface area contributed by atoms with Crippen molar-refractivity contribution in [2.45, 2.75) is 6.42 Å². The summed E-state index contributed by atoms with van der Waals surface area (Å²) in [6, 6.07) is 7.08. The number of alkyl halides is 1. The minimum atomic E-state index is -0.820. The largest absolute Gasteiger partial charge is 0.493 e. The zero-order chi connectivity index (χ0) is 10.4. The molecule has 4 heteroatoms. The fraction of sp³-hybridized carbons (Fsp3) is 0.300. The molecule has 0 heterocycles. The van der Waals surface area contributed by atoms with Crippen LogP contribution in [0.1, 0.15) is 5.56 Å². The summed E-state index contributed by atoms with van der Waals surface area (Å²) in [5.41, 5.74) is 0.781. The first-order valence-electron chi connectivity index (χ1n) is 4.22. The zero-order valence-corrected chi connectivity index (χ0v) is 9.16. The van der Waals surface area contributed by atoms with Gasteiger partial charge in [-0.1, -0.05) is 28.1 Å². The molecule has 14 heavy (non-hydrogen) atoms. The van der Waals surface area contributed by atoms with Crippen LogP contribution in [0.4, 0.5) is 0 Å². The van der Waals surface area contributed by atoms with Crippen molar-refractivity contribution in [2.75, 3.05) is 11.9 Å². The lowest BCUT2D eigenvalue weighted by Crippen LogP contribution is -2.01. The van der Waals surface area contributed by atoms with Crippen molar-refractivity contribution in [3.63, 3.8) is 0 Å². The molecular weight excluding hydrogens is 248 g/mol. The van der Waals surface area contributed by atoms with Crippen molar-refractivity contribution in [1.82, 2.24) is 0 Å². The number of carbonyl (C=O) groups is 1. The van der Waals surface area contributed by atoms with Gasteiger partial charge in [0.2, 0.25) is 0 Å². The Kier molecular flexibility index (Phi) is 4.46. The molecule has 1 aromatic rings. The lowest BCUT2D eigenvalue weighted by molar-refractivity contribution is -0.136. The summed E-state index contributed by atoms with van der Waals surface area (Å²) < 4.78 is 5.32. The summed E-state index contributed by atoms with van der Waals surface area (Å²) in [5, 5.41) is 9.32. The van der Waals surface area contributed by atoms with Gasteiger partial charge in [0.15, 0.2) is 0 Å². The van der Waals surface area contributed by atoms with Gasteiger partial charge in [-0.2, -0.15) is 0 Å². The lowest BCUT2D eigenvalue weighted by atomic mass is 10.1. The van der Waals surface area contributed by atoms with Gasteiger partial charge in [-0.15, -0.1) is 0 Å². The summed E-state index contributed by atoms with van der Waals surface area (Å²) in [5.74, 6) is -0.0577. The number of carboxylic acid groups (broad SMARTS) is 1. The van der Waals surface area contributed by atoms with E-state index in [1.807, 2.05) is 0 Å². The van der Waals surface area contributed by atoms with Crippen molar-refractivity contribution < 1.29 is 14.6 Å². The number of rotatable bonds is 5. The number of carboxylic acids is 1. The molecule has 3 nitrogen and oxygen atoms in total. The van der Waals surface area contributed by atoms with Gasteiger partial charge in [0, 0.05) is 5.33 Å². The topological polar surface area (TPSA) is 46.5 Å². The van der Waals surface area contributed by atoms with Gasteiger partial charge in [-0.25, -0.2) is 0 Å². The van der Waals surface area contributed by atoms with Crippen molar-refractivity contribution in [1.29, 1.82) is 0 Å². The minimum absolute atomic E-state index is 0.0543. The summed E-state index contributed by atoms with van der Waals surface area (Å²) in [7, 11) is 0. The number of halogens is 1.